The van der Waals surface area contributed by atoms with Gasteiger partial charge < -0.3 is 10.1 Å². The highest BCUT2D eigenvalue weighted by Gasteiger charge is 2.31. The Labute approximate surface area is 172 Å². The summed E-state index contributed by atoms with van der Waals surface area (Å²) in [5.74, 6) is 0.504. The predicted octanol–water partition coefficient (Wildman–Crippen LogP) is 7.13. The van der Waals surface area contributed by atoms with Crippen LogP contribution in [-0.4, -0.2) is 0 Å². The van der Waals surface area contributed by atoms with E-state index in [9.17, 15) is 17.6 Å². The standard InChI is InChI=1S/C24H21F4NO/c25-23-13-19(24(26,27)28)10-8-18(23)15-29-20-6-3-7-21(14-20)30-22-11-9-16-4-1-2-5-17(16)12-22/h3,6-14,29H,1-2,4-5,15H2. The molecule has 156 valence electrons. The lowest BCUT2D eigenvalue weighted by Gasteiger charge is -2.17. The maximum atomic E-state index is 14.0. The van der Waals surface area contributed by atoms with Crippen molar-refractivity contribution in [3.05, 3.63) is 88.7 Å². The number of halogens is 4. The van der Waals surface area contributed by atoms with E-state index in [1.165, 1.54) is 24.0 Å². The Kier molecular flexibility index (Phi) is 5.66. The van der Waals surface area contributed by atoms with Gasteiger partial charge in [-0.15, -0.1) is 0 Å². The molecule has 0 radical (unpaired) electrons. The molecule has 0 aliphatic heterocycles. The summed E-state index contributed by atoms with van der Waals surface area (Å²) < 4.78 is 58.0. The molecule has 2 nitrogen and oxygen atoms in total. The van der Waals surface area contributed by atoms with Gasteiger partial charge in [-0.05, 0) is 73.2 Å². The van der Waals surface area contributed by atoms with Gasteiger partial charge in [-0.1, -0.05) is 18.2 Å². The zero-order valence-corrected chi connectivity index (χ0v) is 16.2. The maximum Gasteiger partial charge on any atom is 0.416 e. The van der Waals surface area contributed by atoms with E-state index in [2.05, 4.69) is 17.4 Å². The van der Waals surface area contributed by atoms with E-state index >= 15 is 0 Å². The van der Waals surface area contributed by atoms with Gasteiger partial charge in [-0.25, -0.2) is 4.39 Å². The average molecular weight is 415 g/mol. The van der Waals surface area contributed by atoms with Gasteiger partial charge in [0.05, 0.1) is 5.56 Å². The lowest BCUT2D eigenvalue weighted by Crippen LogP contribution is -2.08. The molecule has 1 aliphatic carbocycles. The van der Waals surface area contributed by atoms with Crippen LogP contribution >= 0.6 is 0 Å². The van der Waals surface area contributed by atoms with Crippen molar-refractivity contribution < 1.29 is 22.3 Å². The number of hydrogen-bond donors (Lipinski definition) is 1. The zero-order valence-electron chi connectivity index (χ0n) is 16.2. The summed E-state index contributed by atoms with van der Waals surface area (Å²) in [6.07, 6.45) is 0.0221. The first-order valence-corrected chi connectivity index (χ1v) is 9.88. The van der Waals surface area contributed by atoms with Crippen molar-refractivity contribution in [1.29, 1.82) is 0 Å². The number of fused-ring (bicyclic) bond motifs is 1. The maximum absolute atomic E-state index is 14.0. The summed E-state index contributed by atoms with van der Waals surface area (Å²) in [4.78, 5) is 0. The van der Waals surface area contributed by atoms with Crippen molar-refractivity contribution in [3.8, 4) is 11.5 Å². The van der Waals surface area contributed by atoms with Crippen LogP contribution in [0.15, 0.2) is 60.7 Å². The molecular formula is C24H21F4NO. The Morgan fingerprint density at radius 1 is 0.833 bits per heavy atom. The lowest BCUT2D eigenvalue weighted by molar-refractivity contribution is -0.137. The third-order valence-corrected chi connectivity index (χ3v) is 5.25. The first kappa shape index (κ1) is 20.3. The van der Waals surface area contributed by atoms with Crippen LogP contribution in [-0.2, 0) is 25.6 Å². The Hall–Kier alpha value is -3.02. The molecule has 0 atom stereocenters. The van der Waals surface area contributed by atoms with E-state index in [1.807, 2.05) is 12.1 Å². The van der Waals surface area contributed by atoms with Crippen LogP contribution < -0.4 is 10.1 Å². The first-order chi connectivity index (χ1) is 14.4. The quantitative estimate of drug-likeness (QED) is 0.448. The molecule has 0 saturated carbocycles. The molecule has 30 heavy (non-hydrogen) atoms. The van der Waals surface area contributed by atoms with Gasteiger partial charge >= 0.3 is 6.18 Å². The van der Waals surface area contributed by atoms with E-state index in [0.29, 0.717) is 17.5 Å². The minimum atomic E-state index is -4.56. The van der Waals surface area contributed by atoms with Crippen molar-refractivity contribution in [2.75, 3.05) is 5.32 Å². The van der Waals surface area contributed by atoms with Crippen LogP contribution in [0.25, 0.3) is 0 Å². The van der Waals surface area contributed by atoms with Crippen molar-refractivity contribution in [1.82, 2.24) is 0 Å². The number of ether oxygens (including phenoxy) is 1. The molecular weight excluding hydrogens is 394 g/mol. The molecule has 3 aromatic carbocycles. The monoisotopic (exact) mass is 415 g/mol. The molecule has 0 amide bonds. The fraction of sp³-hybridized carbons (Fsp3) is 0.250. The molecule has 0 unspecified atom stereocenters. The summed E-state index contributed by atoms with van der Waals surface area (Å²) in [6, 6.07) is 15.9. The van der Waals surface area contributed by atoms with E-state index in [-0.39, 0.29) is 12.1 Å². The van der Waals surface area contributed by atoms with Gasteiger partial charge in [0.25, 0.3) is 0 Å². The molecule has 1 N–H and O–H groups in total. The molecule has 3 aromatic rings. The van der Waals surface area contributed by atoms with E-state index < -0.39 is 17.6 Å². The number of aryl methyl sites for hydroxylation is 2. The normalized spacial score (nSPS) is 13.6. The molecule has 0 fully saturated rings. The van der Waals surface area contributed by atoms with Crippen LogP contribution in [0.1, 0.15) is 35.1 Å². The van der Waals surface area contributed by atoms with E-state index in [1.54, 1.807) is 18.2 Å². The third-order valence-electron chi connectivity index (χ3n) is 5.25. The minimum absolute atomic E-state index is 0.0618. The Morgan fingerprint density at radius 3 is 2.37 bits per heavy atom. The number of hydrogen-bond acceptors (Lipinski definition) is 2. The first-order valence-electron chi connectivity index (χ1n) is 9.88. The summed E-state index contributed by atoms with van der Waals surface area (Å²) in [7, 11) is 0. The summed E-state index contributed by atoms with van der Waals surface area (Å²) >= 11 is 0. The molecule has 0 spiro atoms. The molecule has 4 rings (SSSR count). The van der Waals surface area contributed by atoms with Crippen LogP contribution in [0.3, 0.4) is 0 Å². The summed E-state index contributed by atoms with van der Waals surface area (Å²) in [6.45, 7) is 0.0618. The fourth-order valence-corrected chi connectivity index (χ4v) is 3.64. The van der Waals surface area contributed by atoms with Crippen molar-refractivity contribution in [2.24, 2.45) is 0 Å². The van der Waals surface area contributed by atoms with Gasteiger partial charge in [0.2, 0.25) is 0 Å². The Balaban J connectivity index is 1.43. The van der Waals surface area contributed by atoms with Crippen molar-refractivity contribution in [2.45, 2.75) is 38.4 Å². The molecule has 0 bridgehead atoms. The molecule has 0 aromatic heterocycles. The highest BCUT2D eigenvalue weighted by molar-refractivity contribution is 5.50. The van der Waals surface area contributed by atoms with E-state index in [4.69, 9.17) is 4.74 Å². The van der Waals surface area contributed by atoms with E-state index in [0.717, 1.165) is 30.7 Å². The average Bonchev–Trinajstić information content (AvgIpc) is 2.72. The smallest absolute Gasteiger partial charge is 0.416 e. The number of rotatable bonds is 5. The van der Waals surface area contributed by atoms with Gasteiger partial charge in [-0.3, -0.25) is 0 Å². The topological polar surface area (TPSA) is 21.3 Å². The highest BCUT2D eigenvalue weighted by atomic mass is 19.4. The minimum Gasteiger partial charge on any atom is -0.457 e. The number of benzene rings is 3. The fourth-order valence-electron chi connectivity index (χ4n) is 3.64. The highest BCUT2D eigenvalue weighted by Crippen LogP contribution is 2.31. The molecule has 0 heterocycles. The molecule has 1 aliphatic rings. The number of alkyl halides is 3. The third kappa shape index (κ3) is 4.75. The summed E-state index contributed by atoms with van der Waals surface area (Å²) in [5.41, 5.74) is 2.55. The van der Waals surface area contributed by atoms with Crippen LogP contribution in [0, 0.1) is 5.82 Å². The van der Waals surface area contributed by atoms with Crippen LogP contribution in [0.5, 0.6) is 11.5 Å². The SMILES string of the molecule is Fc1cc(C(F)(F)F)ccc1CNc1cccc(Oc2ccc3c(c2)CCCC3)c1. The Morgan fingerprint density at radius 2 is 1.60 bits per heavy atom. The van der Waals surface area contributed by atoms with Gasteiger partial charge in [0.15, 0.2) is 0 Å². The van der Waals surface area contributed by atoms with Crippen LogP contribution in [0.4, 0.5) is 23.2 Å². The van der Waals surface area contributed by atoms with Crippen molar-refractivity contribution >= 4 is 5.69 Å². The van der Waals surface area contributed by atoms with Crippen LogP contribution in [0.2, 0.25) is 0 Å². The lowest BCUT2D eigenvalue weighted by atomic mass is 9.92. The molecule has 6 heteroatoms. The zero-order chi connectivity index (χ0) is 21.1. The summed E-state index contributed by atoms with van der Waals surface area (Å²) in [5, 5.41) is 3.03. The largest absolute Gasteiger partial charge is 0.457 e. The predicted molar refractivity (Wildman–Crippen MR) is 108 cm³/mol. The number of nitrogens with one attached hydrogen (secondary N) is 1. The molecule has 0 saturated heterocycles. The van der Waals surface area contributed by atoms with Gasteiger partial charge in [0, 0.05) is 23.9 Å². The number of anilines is 1. The van der Waals surface area contributed by atoms with Gasteiger partial charge in [-0.2, -0.15) is 13.2 Å². The second-order valence-electron chi connectivity index (χ2n) is 7.43. The van der Waals surface area contributed by atoms with Crippen molar-refractivity contribution in [3.63, 3.8) is 0 Å². The second-order valence-corrected chi connectivity index (χ2v) is 7.43. The Bertz CT molecular complexity index is 1050. The second kappa shape index (κ2) is 8.38. The van der Waals surface area contributed by atoms with Gasteiger partial charge in [0.1, 0.15) is 17.3 Å².